The van der Waals surface area contributed by atoms with Crippen LogP contribution in [0.1, 0.15) is 83.1 Å². The van der Waals surface area contributed by atoms with Crippen LogP contribution in [0, 0.1) is 23.7 Å². The molecule has 0 aromatic heterocycles. The summed E-state index contributed by atoms with van der Waals surface area (Å²) in [4.78, 5) is 55.3. The Morgan fingerprint density at radius 2 is 1.38 bits per heavy atom. The van der Waals surface area contributed by atoms with Gasteiger partial charge in [0.05, 0.1) is 0 Å². The summed E-state index contributed by atoms with van der Waals surface area (Å²) in [5, 5.41) is 0. The van der Waals surface area contributed by atoms with Gasteiger partial charge >= 0.3 is 24.3 Å². The second-order valence-electron chi connectivity index (χ2n) is 14.5. The van der Waals surface area contributed by atoms with E-state index in [2.05, 4.69) is 23.7 Å². The summed E-state index contributed by atoms with van der Waals surface area (Å²) in [5.41, 5.74) is -4.88. The normalized spacial score (nSPS) is 21.1. The number of allylic oxidation sites excluding steroid dienone is 2. The summed E-state index contributed by atoms with van der Waals surface area (Å²) < 4.78 is 35.5. The molecule has 260 valence electrons. The van der Waals surface area contributed by atoms with Crippen LogP contribution in [0.5, 0.6) is 0 Å². The van der Waals surface area contributed by atoms with E-state index in [-0.39, 0.29) is 22.6 Å². The molecule has 0 unspecified atom stereocenters. The topological polar surface area (TPSA) is 127 Å². The largest absolute Gasteiger partial charge is 0.514 e. The lowest BCUT2D eigenvalue weighted by Gasteiger charge is -2.45. The van der Waals surface area contributed by atoms with Gasteiger partial charge in [-0.2, -0.15) is 4.90 Å². The van der Waals surface area contributed by atoms with Gasteiger partial charge in [0, 0.05) is 23.3 Å². The van der Waals surface area contributed by atoms with E-state index in [9.17, 15) is 19.2 Å². The number of nitrogens with zero attached hydrogens (tertiary/aromatic N) is 1. The van der Waals surface area contributed by atoms with E-state index in [1.54, 1.807) is 62.3 Å². The molecular weight excluding hydrogens is 634 g/mol. The number of carbonyl (C=O) groups is 4. The quantitative estimate of drug-likeness (QED) is 0.116. The summed E-state index contributed by atoms with van der Waals surface area (Å²) in [6.45, 7) is 20.8. The molecule has 0 radical (unpaired) electrons. The summed E-state index contributed by atoms with van der Waals surface area (Å²) in [6, 6.07) is 2.10. The van der Waals surface area contributed by atoms with Crippen LogP contribution >= 0.6 is 0 Å². The highest BCUT2D eigenvalue weighted by Crippen LogP contribution is 2.47. The van der Waals surface area contributed by atoms with Gasteiger partial charge in [0.2, 0.25) is 0 Å². The maximum Gasteiger partial charge on any atom is 0.514 e. The molecule has 1 heterocycles. The third-order valence-electron chi connectivity index (χ3n) is 7.26. The van der Waals surface area contributed by atoms with Crippen molar-refractivity contribution in [2.45, 2.75) is 130 Å². The standard InChI is InChI=1S/C36H47NO10Si/c1-13-48(14-2,15-3)47-36-21-19-17-16-18-20-25-28(24(36)22-27(38)42-25)29(26(23-36)43-32(41)46-35(10,11)12)37(30(39)44-33(4,5)6)31(40)45-34(7,8)9/h16-17,22-23,25H,13-15H2,1-12H3/b17-16-/t25-,36-/m0/s1. The van der Waals surface area contributed by atoms with Crippen molar-refractivity contribution in [1.29, 1.82) is 0 Å². The molecule has 0 fully saturated rings. The molecule has 4 bridgehead atoms. The first-order valence-electron chi connectivity index (χ1n) is 16.0. The summed E-state index contributed by atoms with van der Waals surface area (Å²) in [6.07, 6.45) is 0.830. The van der Waals surface area contributed by atoms with Crippen LogP contribution in [0.4, 0.5) is 14.4 Å². The van der Waals surface area contributed by atoms with Gasteiger partial charge in [0.15, 0.2) is 25.8 Å². The van der Waals surface area contributed by atoms with Gasteiger partial charge in [-0.25, -0.2) is 19.2 Å². The van der Waals surface area contributed by atoms with Crippen molar-refractivity contribution in [3.05, 3.63) is 46.9 Å². The maximum atomic E-state index is 14.1. The number of rotatable bonds is 7. The number of ether oxygens (including phenoxy) is 5. The lowest BCUT2D eigenvalue weighted by molar-refractivity contribution is -0.140. The highest BCUT2D eigenvalue weighted by Gasteiger charge is 2.53. The van der Waals surface area contributed by atoms with Crippen LogP contribution in [-0.4, -0.2) is 66.0 Å². The van der Waals surface area contributed by atoms with E-state index in [0.717, 1.165) is 0 Å². The van der Waals surface area contributed by atoms with Crippen LogP contribution in [0.2, 0.25) is 18.1 Å². The molecule has 0 saturated heterocycles. The van der Waals surface area contributed by atoms with Crippen LogP contribution < -0.4 is 0 Å². The number of carbonyl (C=O) groups excluding carboxylic acids is 4. The molecule has 3 rings (SSSR count). The van der Waals surface area contributed by atoms with Crippen LogP contribution in [-0.2, 0) is 32.9 Å². The molecule has 0 aromatic rings. The van der Waals surface area contributed by atoms with Gasteiger partial charge in [-0.1, -0.05) is 38.5 Å². The van der Waals surface area contributed by atoms with Crippen molar-refractivity contribution in [3.8, 4) is 23.7 Å². The minimum Gasteiger partial charge on any atom is -0.443 e. The third kappa shape index (κ3) is 9.21. The smallest absolute Gasteiger partial charge is 0.443 e. The van der Waals surface area contributed by atoms with Gasteiger partial charge in [0.25, 0.3) is 0 Å². The SMILES string of the molecule is CC[Si](CC)(CC)O[C@]12C#C/C=C\C#C[C@@H]3OC(=O)C=C1C3=C(N(C(=O)OC(C)(C)C)C(=O)OC(C)(C)C)C(OC(=O)OC(C)(C)C)=C2. The van der Waals surface area contributed by atoms with Gasteiger partial charge in [0.1, 0.15) is 22.5 Å². The van der Waals surface area contributed by atoms with Crippen LogP contribution in [0.25, 0.3) is 0 Å². The van der Waals surface area contributed by atoms with E-state index in [0.29, 0.717) is 23.0 Å². The molecule has 0 saturated carbocycles. The Balaban J connectivity index is 2.56. The molecule has 12 heteroatoms. The molecule has 2 aliphatic carbocycles. The summed E-state index contributed by atoms with van der Waals surface area (Å²) in [5.74, 6) is 10.7. The van der Waals surface area contributed by atoms with Crippen molar-refractivity contribution in [3.63, 3.8) is 0 Å². The maximum absolute atomic E-state index is 14.1. The highest BCUT2D eigenvalue weighted by molar-refractivity contribution is 6.73. The molecule has 1 aliphatic heterocycles. The first kappa shape index (κ1) is 38.2. The molecule has 2 amide bonds. The Morgan fingerprint density at radius 3 is 1.88 bits per heavy atom. The number of imide groups is 1. The Labute approximate surface area is 284 Å². The Bertz CT molecular complexity index is 1550. The minimum atomic E-state index is -2.60. The van der Waals surface area contributed by atoms with Gasteiger partial charge < -0.3 is 28.1 Å². The average Bonchev–Trinajstić information content (AvgIpc) is 2.92. The first-order valence-corrected chi connectivity index (χ1v) is 18.6. The van der Waals surface area contributed by atoms with Gasteiger partial charge in [-0.15, -0.1) is 0 Å². The molecule has 3 aliphatic rings. The van der Waals surface area contributed by atoms with E-state index in [1.807, 2.05) is 20.8 Å². The zero-order chi connectivity index (χ0) is 36.3. The lowest BCUT2D eigenvalue weighted by atomic mass is 9.78. The number of amides is 2. The number of hydrogen-bond acceptors (Lipinski definition) is 10. The molecule has 2 atom stereocenters. The van der Waals surface area contributed by atoms with Crippen molar-refractivity contribution in [2.24, 2.45) is 0 Å². The molecule has 0 aromatic carbocycles. The summed E-state index contributed by atoms with van der Waals surface area (Å²) in [7, 11) is -2.60. The Morgan fingerprint density at radius 1 is 0.854 bits per heavy atom. The van der Waals surface area contributed by atoms with Crippen LogP contribution in [0.15, 0.2) is 46.9 Å². The average molecular weight is 682 g/mol. The third-order valence-corrected chi connectivity index (χ3v) is 11.9. The second kappa shape index (κ2) is 14.1. The van der Waals surface area contributed by atoms with E-state index < -0.39 is 61.1 Å². The monoisotopic (exact) mass is 681 g/mol. The fourth-order valence-corrected chi connectivity index (χ4v) is 7.92. The highest BCUT2D eigenvalue weighted by atomic mass is 28.4. The van der Waals surface area contributed by atoms with Crippen LogP contribution in [0.3, 0.4) is 0 Å². The van der Waals surface area contributed by atoms with Crippen molar-refractivity contribution in [1.82, 2.24) is 4.90 Å². The second-order valence-corrected chi connectivity index (χ2v) is 19.2. The van der Waals surface area contributed by atoms with Crippen molar-refractivity contribution < 1.29 is 47.3 Å². The zero-order valence-corrected chi connectivity index (χ0v) is 31.0. The number of esters is 1. The molecule has 0 spiro atoms. The van der Waals surface area contributed by atoms with Crippen molar-refractivity contribution >= 4 is 32.6 Å². The van der Waals surface area contributed by atoms with E-state index in [1.165, 1.54) is 24.3 Å². The van der Waals surface area contributed by atoms with E-state index >= 15 is 0 Å². The fourth-order valence-electron chi connectivity index (χ4n) is 5.09. The van der Waals surface area contributed by atoms with Gasteiger partial charge in [-0.3, -0.25) is 0 Å². The predicted octanol–water partition coefficient (Wildman–Crippen LogP) is 7.45. The van der Waals surface area contributed by atoms with Gasteiger partial charge in [-0.05, 0) is 98.5 Å². The Kier molecular flexibility index (Phi) is 11.2. The van der Waals surface area contributed by atoms with E-state index in [4.69, 9.17) is 28.1 Å². The lowest BCUT2D eigenvalue weighted by Crippen LogP contribution is -2.52. The molecule has 48 heavy (non-hydrogen) atoms. The molecule has 0 N–H and O–H groups in total. The Hall–Kier alpha value is -4.26. The number of hydrogen-bond donors (Lipinski definition) is 0. The minimum absolute atomic E-state index is 0.0377. The van der Waals surface area contributed by atoms with Crippen molar-refractivity contribution in [2.75, 3.05) is 0 Å². The fraction of sp³-hybridized carbons (Fsp3) is 0.556. The molecular formula is C36H47NO10Si. The predicted molar refractivity (Wildman–Crippen MR) is 180 cm³/mol. The zero-order valence-electron chi connectivity index (χ0n) is 30.0. The molecule has 11 nitrogen and oxygen atoms in total. The first-order chi connectivity index (χ1) is 22.1. The summed E-state index contributed by atoms with van der Waals surface area (Å²) >= 11 is 0.